The van der Waals surface area contributed by atoms with Crippen molar-refractivity contribution in [3.63, 3.8) is 0 Å². The third-order valence-corrected chi connectivity index (χ3v) is 3.50. The molecule has 0 saturated heterocycles. The number of carbonyl (C=O) groups is 2. The Morgan fingerprint density at radius 3 is 2.29 bits per heavy atom. The van der Waals surface area contributed by atoms with Crippen molar-refractivity contribution in [2.24, 2.45) is 11.7 Å². The van der Waals surface area contributed by atoms with E-state index in [9.17, 15) is 14.7 Å². The summed E-state index contributed by atoms with van der Waals surface area (Å²) < 4.78 is 0. The number of benzene rings is 2. The Kier molecular flexibility index (Phi) is 4.55. The minimum atomic E-state index is -1.18. The van der Waals surface area contributed by atoms with E-state index in [2.05, 4.69) is 0 Å². The molecule has 0 spiro atoms. The first-order valence-electron chi connectivity index (χ1n) is 6.66. The monoisotopic (exact) mass is 287 g/mol. The molecule has 4 N–H and O–H groups in total. The summed E-state index contributed by atoms with van der Waals surface area (Å²) in [4.78, 5) is 22.0. The van der Waals surface area contributed by atoms with Gasteiger partial charge in [0.05, 0.1) is 5.92 Å². The quantitative estimate of drug-likeness (QED) is 0.753. The van der Waals surface area contributed by atoms with E-state index in [0.29, 0.717) is 0 Å². The normalized spacial score (nSPS) is 13.8. The van der Waals surface area contributed by atoms with Crippen molar-refractivity contribution in [1.82, 2.24) is 0 Å². The lowest BCUT2D eigenvalue weighted by Crippen LogP contribution is -2.35. The Morgan fingerprint density at radius 2 is 1.67 bits per heavy atom. The van der Waals surface area contributed by atoms with Crippen molar-refractivity contribution in [2.75, 3.05) is 0 Å². The van der Waals surface area contributed by atoms with Gasteiger partial charge in [0, 0.05) is 0 Å². The van der Waals surface area contributed by atoms with Crippen molar-refractivity contribution < 1.29 is 19.8 Å². The lowest BCUT2D eigenvalue weighted by molar-refractivity contribution is -0.143. The number of fused-ring (bicyclic) bond motifs is 1. The summed E-state index contributed by atoms with van der Waals surface area (Å²) in [6.45, 7) is 0. The Hall–Kier alpha value is -2.40. The summed E-state index contributed by atoms with van der Waals surface area (Å²) in [5, 5.41) is 20.1. The molecule has 0 aliphatic carbocycles. The first-order valence-corrected chi connectivity index (χ1v) is 6.66. The van der Waals surface area contributed by atoms with Crippen LogP contribution in [0.3, 0.4) is 0 Å². The number of carboxylic acids is 2. The molecule has 2 aromatic rings. The Balaban J connectivity index is 2.18. The minimum absolute atomic E-state index is 0.0858. The molecule has 0 radical (unpaired) electrons. The van der Waals surface area contributed by atoms with Gasteiger partial charge in [-0.3, -0.25) is 9.59 Å². The molecule has 2 aromatic carbocycles. The fraction of sp³-hybridized carbons (Fsp3) is 0.250. The second-order valence-electron chi connectivity index (χ2n) is 5.10. The molecule has 5 heteroatoms. The third kappa shape index (κ3) is 3.79. The molecule has 110 valence electrons. The Labute approximate surface area is 122 Å². The second-order valence-corrected chi connectivity index (χ2v) is 5.10. The highest BCUT2D eigenvalue weighted by atomic mass is 16.4. The Morgan fingerprint density at radius 1 is 1.00 bits per heavy atom. The maximum atomic E-state index is 11.3. The van der Waals surface area contributed by atoms with Crippen LogP contribution in [0.4, 0.5) is 0 Å². The van der Waals surface area contributed by atoms with Gasteiger partial charge in [-0.1, -0.05) is 42.5 Å². The van der Waals surface area contributed by atoms with Gasteiger partial charge in [-0.15, -0.1) is 0 Å². The van der Waals surface area contributed by atoms with Crippen LogP contribution >= 0.6 is 0 Å². The van der Waals surface area contributed by atoms with E-state index in [4.69, 9.17) is 10.8 Å². The number of aliphatic carboxylic acids is 2. The third-order valence-electron chi connectivity index (χ3n) is 3.50. The minimum Gasteiger partial charge on any atom is -0.481 e. The lowest BCUT2D eigenvalue weighted by Gasteiger charge is -2.15. The number of nitrogens with two attached hydrogens (primary N) is 1. The van der Waals surface area contributed by atoms with Gasteiger partial charge in [0.15, 0.2) is 0 Å². The topological polar surface area (TPSA) is 101 Å². The average molecular weight is 287 g/mol. The molecule has 0 aliphatic heterocycles. The van der Waals surface area contributed by atoms with Crippen molar-refractivity contribution in [3.05, 3.63) is 48.0 Å². The van der Waals surface area contributed by atoms with Gasteiger partial charge in [-0.2, -0.15) is 0 Å². The molecule has 5 nitrogen and oxygen atoms in total. The maximum Gasteiger partial charge on any atom is 0.320 e. The van der Waals surface area contributed by atoms with Gasteiger partial charge in [0.2, 0.25) is 0 Å². The van der Waals surface area contributed by atoms with Gasteiger partial charge in [-0.05, 0) is 29.2 Å². The van der Waals surface area contributed by atoms with Crippen LogP contribution in [0.2, 0.25) is 0 Å². The van der Waals surface area contributed by atoms with Crippen molar-refractivity contribution >= 4 is 22.7 Å². The molecular formula is C16H17NO4. The maximum absolute atomic E-state index is 11.3. The van der Waals surface area contributed by atoms with Crippen LogP contribution < -0.4 is 5.73 Å². The largest absolute Gasteiger partial charge is 0.481 e. The molecule has 21 heavy (non-hydrogen) atoms. The summed E-state index contributed by atoms with van der Waals surface area (Å²) in [7, 11) is 0. The highest BCUT2D eigenvalue weighted by Gasteiger charge is 2.24. The van der Waals surface area contributed by atoms with Crippen LogP contribution in [0.15, 0.2) is 42.5 Å². The van der Waals surface area contributed by atoms with Crippen LogP contribution in [0.25, 0.3) is 10.8 Å². The molecular weight excluding hydrogens is 270 g/mol. The second kappa shape index (κ2) is 6.37. The SMILES string of the molecule is N[C@@H](C[C@@H](Cc1ccc2ccccc2c1)C(=O)O)C(=O)O. The molecule has 0 saturated carbocycles. The van der Waals surface area contributed by atoms with Crippen LogP contribution in [0, 0.1) is 5.92 Å². The number of hydrogen-bond donors (Lipinski definition) is 3. The average Bonchev–Trinajstić information content (AvgIpc) is 2.46. The van der Waals surface area contributed by atoms with E-state index in [1.165, 1.54) is 0 Å². The van der Waals surface area contributed by atoms with Crippen molar-refractivity contribution in [2.45, 2.75) is 18.9 Å². The van der Waals surface area contributed by atoms with Gasteiger partial charge in [-0.25, -0.2) is 0 Å². The molecule has 2 atom stereocenters. The fourth-order valence-electron chi connectivity index (χ4n) is 2.33. The lowest BCUT2D eigenvalue weighted by atomic mass is 9.92. The van der Waals surface area contributed by atoms with E-state index in [1.807, 2.05) is 42.5 Å². The summed E-state index contributed by atoms with van der Waals surface area (Å²) in [5.41, 5.74) is 6.30. The molecule has 0 fully saturated rings. The van der Waals surface area contributed by atoms with E-state index < -0.39 is 23.9 Å². The Bertz CT molecular complexity index is 668. The van der Waals surface area contributed by atoms with Crippen molar-refractivity contribution in [3.8, 4) is 0 Å². The standard InChI is InChI=1S/C16H17NO4/c17-14(16(20)21)9-13(15(18)19)8-10-5-6-11-3-1-2-4-12(11)7-10/h1-7,13-14H,8-9,17H2,(H,18,19)(H,20,21)/t13-,14+/m1/s1. The van der Waals surface area contributed by atoms with Gasteiger partial charge < -0.3 is 15.9 Å². The predicted molar refractivity (Wildman–Crippen MR) is 79.0 cm³/mol. The summed E-state index contributed by atoms with van der Waals surface area (Å²) in [6.07, 6.45) is 0.179. The number of carboxylic acid groups (broad SMARTS) is 2. The highest BCUT2D eigenvalue weighted by Crippen LogP contribution is 2.20. The first kappa shape index (κ1) is 15.0. The molecule has 0 aliphatic rings. The van der Waals surface area contributed by atoms with E-state index in [1.54, 1.807) is 0 Å². The molecule has 0 bridgehead atoms. The van der Waals surface area contributed by atoms with Gasteiger partial charge in [0.25, 0.3) is 0 Å². The molecule has 0 unspecified atom stereocenters. The van der Waals surface area contributed by atoms with Crippen LogP contribution in [0.1, 0.15) is 12.0 Å². The predicted octanol–water partition coefficient (Wildman–Crippen LogP) is 1.89. The molecule has 0 heterocycles. The summed E-state index contributed by atoms with van der Waals surface area (Å²) >= 11 is 0. The molecule has 0 aromatic heterocycles. The molecule has 0 amide bonds. The van der Waals surface area contributed by atoms with Crippen molar-refractivity contribution in [1.29, 1.82) is 0 Å². The van der Waals surface area contributed by atoms with Crippen LogP contribution in [0.5, 0.6) is 0 Å². The van der Waals surface area contributed by atoms with Crippen LogP contribution in [-0.2, 0) is 16.0 Å². The zero-order valence-electron chi connectivity index (χ0n) is 11.4. The van der Waals surface area contributed by atoms with E-state index >= 15 is 0 Å². The zero-order chi connectivity index (χ0) is 15.4. The number of rotatable bonds is 6. The van der Waals surface area contributed by atoms with E-state index in [-0.39, 0.29) is 12.8 Å². The number of hydrogen-bond acceptors (Lipinski definition) is 3. The van der Waals surface area contributed by atoms with Gasteiger partial charge in [0.1, 0.15) is 6.04 Å². The molecule has 2 rings (SSSR count). The first-order chi connectivity index (χ1) is 9.97. The smallest absolute Gasteiger partial charge is 0.320 e. The van der Waals surface area contributed by atoms with Gasteiger partial charge >= 0.3 is 11.9 Å². The van der Waals surface area contributed by atoms with Crippen LogP contribution in [-0.4, -0.2) is 28.2 Å². The summed E-state index contributed by atoms with van der Waals surface area (Å²) in [5.74, 6) is -3.02. The zero-order valence-corrected chi connectivity index (χ0v) is 11.4. The fourth-order valence-corrected chi connectivity index (χ4v) is 2.33. The highest BCUT2D eigenvalue weighted by molar-refractivity contribution is 5.83. The van der Waals surface area contributed by atoms with E-state index in [0.717, 1.165) is 16.3 Å². The summed E-state index contributed by atoms with van der Waals surface area (Å²) in [6, 6.07) is 12.4.